The van der Waals surface area contributed by atoms with Crippen LogP contribution in [0.15, 0.2) is 0 Å². The smallest absolute Gasteiger partial charge is 0.0627 e. The van der Waals surface area contributed by atoms with Gasteiger partial charge in [0.2, 0.25) is 0 Å². The summed E-state index contributed by atoms with van der Waals surface area (Å²) in [4.78, 5) is 2.62. The summed E-state index contributed by atoms with van der Waals surface area (Å²) >= 11 is 0. The van der Waals surface area contributed by atoms with Crippen molar-refractivity contribution < 1.29 is 9.47 Å². The fraction of sp³-hybridized carbons (Fsp3) is 1.00. The van der Waals surface area contributed by atoms with E-state index in [1.807, 2.05) is 14.2 Å². The van der Waals surface area contributed by atoms with E-state index in [0.29, 0.717) is 11.5 Å². The Bertz CT molecular complexity index is 280. The van der Waals surface area contributed by atoms with Gasteiger partial charge in [-0.1, -0.05) is 20.3 Å². The van der Waals surface area contributed by atoms with Crippen LogP contribution in [0.3, 0.4) is 0 Å². The third-order valence-corrected chi connectivity index (χ3v) is 5.12. The lowest BCUT2D eigenvalue weighted by Gasteiger charge is -2.38. The molecule has 0 N–H and O–H groups in total. The average molecular weight is 285 g/mol. The van der Waals surface area contributed by atoms with Gasteiger partial charge >= 0.3 is 0 Å². The van der Waals surface area contributed by atoms with Crippen LogP contribution in [0.5, 0.6) is 0 Å². The SMILES string of the molecule is CCC(C)(CCN1CCCC1COC)CC(C)(C)OC. The molecular formula is C17H35NO2. The number of hydrogen-bond acceptors (Lipinski definition) is 3. The molecule has 20 heavy (non-hydrogen) atoms. The van der Waals surface area contributed by atoms with Gasteiger partial charge in [0, 0.05) is 20.3 Å². The molecule has 1 rings (SSSR count). The maximum absolute atomic E-state index is 5.63. The second-order valence-electron chi connectivity index (χ2n) is 7.34. The first-order valence-corrected chi connectivity index (χ1v) is 8.14. The van der Waals surface area contributed by atoms with Crippen molar-refractivity contribution in [2.24, 2.45) is 5.41 Å². The van der Waals surface area contributed by atoms with Crippen LogP contribution in [-0.4, -0.2) is 50.5 Å². The van der Waals surface area contributed by atoms with Crippen molar-refractivity contribution in [3.63, 3.8) is 0 Å². The van der Waals surface area contributed by atoms with E-state index >= 15 is 0 Å². The van der Waals surface area contributed by atoms with Crippen molar-refractivity contribution in [1.29, 1.82) is 0 Å². The Balaban J connectivity index is 2.51. The van der Waals surface area contributed by atoms with Crippen LogP contribution in [0, 0.1) is 5.41 Å². The van der Waals surface area contributed by atoms with Crippen LogP contribution in [0.2, 0.25) is 0 Å². The number of methoxy groups -OCH3 is 2. The van der Waals surface area contributed by atoms with Crippen LogP contribution < -0.4 is 0 Å². The monoisotopic (exact) mass is 285 g/mol. The van der Waals surface area contributed by atoms with Crippen molar-refractivity contribution in [2.45, 2.75) is 71.4 Å². The second-order valence-corrected chi connectivity index (χ2v) is 7.34. The minimum absolute atomic E-state index is 0.0261. The predicted octanol–water partition coefficient (Wildman–Crippen LogP) is 3.72. The topological polar surface area (TPSA) is 21.7 Å². The zero-order chi connectivity index (χ0) is 15.2. The van der Waals surface area contributed by atoms with Gasteiger partial charge in [-0.3, -0.25) is 4.90 Å². The Morgan fingerprint density at radius 3 is 2.45 bits per heavy atom. The van der Waals surface area contributed by atoms with Crippen LogP contribution in [0.25, 0.3) is 0 Å². The molecule has 1 heterocycles. The van der Waals surface area contributed by atoms with E-state index in [1.54, 1.807) is 0 Å². The molecule has 1 aliphatic rings. The van der Waals surface area contributed by atoms with Gasteiger partial charge in [-0.25, -0.2) is 0 Å². The zero-order valence-corrected chi connectivity index (χ0v) is 14.5. The minimum atomic E-state index is -0.0261. The normalized spacial score (nSPS) is 24.0. The number of hydrogen-bond donors (Lipinski definition) is 0. The largest absolute Gasteiger partial charge is 0.383 e. The number of likely N-dealkylation sites (tertiary alicyclic amines) is 1. The van der Waals surface area contributed by atoms with Gasteiger partial charge in [0.25, 0.3) is 0 Å². The Morgan fingerprint density at radius 1 is 1.20 bits per heavy atom. The molecule has 0 spiro atoms. The van der Waals surface area contributed by atoms with Crippen LogP contribution in [-0.2, 0) is 9.47 Å². The summed E-state index contributed by atoms with van der Waals surface area (Å²) in [6, 6.07) is 0.636. The highest BCUT2D eigenvalue weighted by molar-refractivity contribution is 4.85. The van der Waals surface area contributed by atoms with Gasteiger partial charge in [-0.05, 0) is 58.0 Å². The summed E-state index contributed by atoms with van der Waals surface area (Å²) < 4.78 is 11.0. The lowest BCUT2D eigenvalue weighted by Crippen LogP contribution is -2.38. The molecular weight excluding hydrogens is 250 g/mol. The summed E-state index contributed by atoms with van der Waals surface area (Å²) in [6.07, 6.45) is 6.19. The van der Waals surface area contributed by atoms with Crippen LogP contribution >= 0.6 is 0 Å². The molecule has 1 fully saturated rings. The van der Waals surface area contributed by atoms with E-state index in [4.69, 9.17) is 9.47 Å². The molecule has 120 valence electrons. The standard InChI is InChI=1S/C17H35NO2/c1-7-17(4,14-16(2,3)20-6)10-12-18-11-8-9-15(18)13-19-5/h15H,7-14H2,1-6H3. The Labute approximate surface area is 126 Å². The summed E-state index contributed by atoms with van der Waals surface area (Å²) in [5.41, 5.74) is 0.335. The molecule has 0 aliphatic carbocycles. The molecule has 1 saturated heterocycles. The predicted molar refractivity (Wildman–Crippen MR) is 85.2 cm³/mol. The highest BCUT2D eigenvalue weighted by Crippen LogP contribution is 2.37. The molecule has 1 aliphatic heterocycles. The summed E-state index contributed by atoms with van der Waals surface area (Å²) in [6.45, 7) is 12.4. The van der Waals surface area contributed by atoms with E-state index in [9.17, 15) is 0 Å². The third-order valence-electron chi connectivity index (χ3n) is 5.12. The number of ether oxygens (including phenoxy) is 2. The number of rotatable bonds is 9. The summed E-state index contributed by atoms with van der Waals surface area (Å²) in [5, 5.41) is 0. The summed E-state index contributed by atoms with van der Waals surface area (Å²) in [5.74, 6) is 0. The van der Waals surface area contributed by atoms with Crippen molar-refractivity contribution in [2.75, 3.05) is 33.9 Å². The minimum Gasteiger partial charge on any atom is -0.383 e. The van der Waals surface area contributed by atoms with E-state index in [2.05, 4.69) is 32.6 Å². The molecule has 0 radical (unpaired) electrons. The van der Waals surface area contributed by atoms with Crippen LogP contribution in [0.4, 0.5) is 0 Å². The molecule has 3 nitrogen and oxygen atoms in total. The third kappa shape index (κ3) is 5.34. The fourth-order valence-electron chi connectivity index (χ4n) is 3.47. The van der Waals surface area contributed by atoms with Crippen molar-refractivity contribution in [1.82, 2.24) is 4.90 Å². The highest BCUT2D eigenvalue weighted by atomic mass is 16.5. The second kappa shape index (κ2) is 7.77. The van der Waals surface area contributed by atoms with E-state index in [1.165, 1.54) is 38.8 Å². The first-order valence-electron chi connectivity index (χ1n) is 8.14. The molecule has 0 amide bonds. The van der Waals surface area contributed by atoms with Gasteiger partial charge in [0.05, 0.1) is 12.2 Å². The zero-order valence-electron chi connectivity index (χ0n) is 14.5. The van der Waals surface area contributed by atoms with Gasteiger partial charge in [0.15, 0.2) is 0 Å². The lowest BCUT2D eigenvalue weighted by atomic mass is 9.75. The van der Waals surface area contributed by atoms with Crippen molar-refractivity contribution >= 4 is 0 Å². The van der Waals surface area contributed by atoms with E-state index < -0.39 is 0 Å². The molecule has 2 atom stereocenters. The maximum Gasteiger partial charge on any atom is 0.0627 e. The Hall–Kier alpha value is -0.120. The molecule has 3 heteroatoms. The quantitative estimate of drug-likeness (QED) is 0.644. The fourth-order valence-corrected chi connectivity index (χ4v) is 3.47. The van der Waals surface area contributed by atoms with Crippen molar-refractivity contribution in [3.8, 4) is 0 Å². The summed E-state index contributed by atoms with van der Waals surface area (Å²) in [7, 11) is 3.64. The maximum atomic E-state index is 5.63. The van der Waals surface area contributed by atoms with Gasteiger partial charge in [-0.15, -0.1) is 0 Å². The lowest BCUT2D eigenvalue weighted by molar-refractivity contribution is -0.0224. The van der Waals surface area contributed by atoms with Gasteiger partial charge < -0.3 is 9.47 Å². The molecule has 0 bridgehead atoms. The first kappa shape index (κ1) is 17.9. The molecule has 0 aromatic carbocycles. The Morgan fingerprint density at radius 2 is 1.90 bits per heavy atom. The van der Waals surface area contributed by atoms with Gasteiger partial charge in [-0.2, -0.15) is 0 Å². The van der Waals surface area contributed by atoms with E-state index in [0.717, 1.165) is 13.0 Å². The Kier molecular flexibility index (Phi) is 6.96. The molecule has 0 aromatic rings. The molecule has 0 saturated carbocycles. The average Bonchev–Trinajstić information content (AvgIpc) is 2.84. The molecule has 2 unspecified atom stereocenters. The highest BCUT2D eigenvalue weighted by Gasteiger charge is 2.33. The van der Waals surface area contributed by atoms with Crippen LogP contribution in [0.1, 0.15) is 59.8 Å². The number of nitrogens with zero attached hydrogens (tertiary/aromatic N) is 1. The van der Waals surface area contributed by atoms with Gasteiger partial charge in [0.1, 0.15) is 0 Å². The van der Waals surface area contributed by atoms with E-state index in [-0.39, 0.29) is 5.60 Å². The molecule has 0 aromatic heterocycles. The van der Waals surface area contributed by atoms with Crippen molar-refractivity contribution in [3.05, 3.63) is 0 Å². The first-order chi connectivity index (χ1) is 9.36.